The SMILES string of the molecule is C/C(c1[nH]c(C)c2c1-c1cccc3cccc-2c13)=c1/nc(C)c2c3cccc4cccc(c1=2)c43. The highest BCUT2D eigenvalue weighted by Gasteiger charge is 2.28. The van der Waals surface area contributed by atoms with Crippen molar-refractivity contribution in [3.63, 3.8) is 0 Å². The molecular formula is C32H22N2. The van der Waals surface area contributed by atoms with Crippen molar-refractivity contribution in [2.24, 2.45) is 0 Å². The highest BCUT2D eigenvalue weighted by atomic mass is 14.8. The quantitative estimate of drug-likeness (QED) is 0.290. The molecule has 0 fully saturated rings. The van der Waals surface area contributed by atoms with E-state index in [2.05, 4.69) is 98.6 Å². The van der Waals surface area contributed by atoms with Crippen molar-refractivity contribution in [2.45, 2.75) is 20.8 Å². The van der Waals surface area contributed by atoms with Gasteiger partial charge in [-0.25, -0.2) is 0 Å². The zero-order chi connectivity index (χ0) is 22.7. The van der Waals surface area contributed by atoms with Crippen LogP contribution in [0.3, 0.4) is 0 Å². The van der Waals surface area contributed by atoms with Crippen molar-refractivity contribution in [1.29, 1.82) is 0 Å². The lowest BCUT2D eigenvalue weighted by Gasteiger charge is -2.06. The molecule has 0 unspecified atom stereocenters. The molecule has 5 aromatic rings. The molecule has 0 saturated carbocycles. The standard InChI is InChI=1S/C32H22N2/c1-16(31-29-23-14-6-10-19-8-4-12-21(27(19)23)25(29)17(2)33-31)32-30-24-15-7-11-20-9-5-13-22(28(20)24)26(30)18(3)34-32/h4-15,33H,1-3H3/b32-16-. The van der Waals surface area contributed by atoms with Gasteiger partial charge < -0.3 is 4.98 Å². The third-order valence-electron chi connectivity index (χ3n) is 7.93. The molecule has 1 aromatic heterocycles. The van der Waals surface area contributed by atoms with Gasteiger partial charge in [-0.2, -0.15) is 0 Å². The molecule has 34 heavy (non-hydrogen) atoms. The number of hydrogen-bond acceptors (Lipinski definition) is 1. The smallest absolute Gasteiger partial charge is 0.0768 e. The first-order chi connectivity index (χ1) is 16.6. The summed E-state index contributed by atoms with van der Waals surface area (Å²) in [6, 6.07) is 26.6. The van der Waals surface area contributed by atoms with Crippen LogP contribution in [0.1, 0.15) is 24.0 Å². The van der Waals surface area contributed by atoms with Crippen LogP contribution in [0.25, 0.3) is 60.1 Å². The Hall–Kier alpha value is -4.17. The summed E-state index contributed by atoms with van der Waals surface area (Å²) in [5, 5.41) is 11.6. The van der Waals surface area contributed by atoms with Crippen LogP contribution in [-0.4, -0.2) is 9.97 Å². The fraction of sp³-hybridized carbons (Fsp3) is 0.0938. The van der Waals surface area contributed by atoms with Gasteiger partial charge in [0, 0.05) is 33.0 Å². The van der Waals surface area contributed by atoms with Crippen LogP contribution in [0.4, 0.5) is 0 Å². The van der Waals surface area contributed by atoms with Gasteiger partial charge in [-0.3, -0.25) is 4.98 Å². The zero-order valence-corrected chi connectivity index (χ0v) is 19.4. The van der Waals surface area contributed by atoms with E-state index < -0.39 is 0 Å². The molecule has 0 spiro atoms. The molecule has 2 aliphatic carbocycles. The summed E-state index contributed by atoms with van der Waals surface area (Å²) >= 11 is 0. The maximum atomic E-state index is 5.17. The molecule has 0 saturated heterocycles. The normalized spacial score (nSPS) is 13.6. The number of aromatic nitrogens is 2. The average Bonchev–Trinajstić information content (AvgIpc) is 3.57. The number of aryl methyl sites for hydroxylation is 2. The largest absolute Gasteiger partial charge is 0.358 e. The second-order valence-corrected chi connectivity index (χ2v) is 9.71. The molecule has 4 aromatic carbocycles. The van der Waals surface area contributed by atoms with Crippen molar-refractivity contribution in [2.75, 3.05) is 0 Å². The lowest BCUT2D eigenvalue weighted by Crippen LogP contribution is -2.10. The Balaban J connectivity index is 1.55. The first-order valence-electron chi connectivity index (χ1n) is 11.9. The lowest BCUT2D eigenvalue weighted by molar-refractivity contribution is 1.17. The van der Waals surface area contributed by atoms with Crippen LogP contribution in [0.15, 0.2) is 72.8 Å². The highest BCUT2D eigenvalue weighted by molar-refractivity contribution is 6.18. The molecule has 3 aliphatic rings. The van der Waals surface area contributed by atoms with Crippen LogP contribution in [0.2, 0.25) is 0 Å². The van der Waals surface area contributed by atoms with Crippen LogP contribution in [0.5, 0.6) is 0 Å². The Morgan fingerprint density at radius 2 is 1.26 bits per heavy atom. The minimum absolute atomic E-state index is 1.10. The van der Waals surface area contributed by atoms with Crippen LogP contribution in [-0.2, 0) is 0 Å². The molecule has 2 nitrogen and oxygen atoms in total. The Bertz CT molecular complexity index is 2080. The summed E-state index contributed by atoms with van der Waals surface area (Å²) < 4.78 is 0. The van der Waals surface area contributed by atoms with E-state index in [0.717, 1.165) is 11.0 Å². The van der Waals surface area contributed by atoms with Crippen molar-refractivity contribution in [1.82, 2.24) is 9.97 Å². The molecule has 1 N–H and O–H groups in total. The van der Waals surface area contributed by atoms with E-state index >= 15 is 0 Å². The molecule has 0 bridgehead atoms. The molecule has 160 valence electrons. The van der Waals surface area contributed by atoms with Gasteiger partial charge in [0.25, 0.3) is 0 Å². The molecule has 1 aliphatic heterocycles. The maximum absolute atomic E-state index is 5.17. The third-order valence-corrected chi connectivity index (χ3v) is 7.93. The third kappa shape index (κ3) is 2.01. The van der Waals surface area contributed by atoms with Crippen molar-refractivity contribution >= 4 is 37.9 Å². The molecular weight excluding hydrogens is 412 g/mol. The van der Waals surface area contributed by atoms with Gasteiger partial charge in [-0.15, -0.1) is 0 Å². The van der Waals surface area contributed by atoms with Crippen molar-refractivity contribution in [3.8, 4) is 22.3 Å². The maximum Gasteiger partial charge on any atom is 0.0768 e. The summed E-state index contributed by atoms with van der Waals surface area (Å²) in [6.07, 6.45) is 0. The van der Waals surface area contributed by atoms with Gasteiger partial charge in [-0.05, 0) is 69.8 Å². The minimum Gasteiger partial charge on any atom is -0.358 e. The first-order valence-corrected chi connectivity index (χ1v) is 11.9. The van der Waals surface area contributed by atoms with Gasteiger partial charge in [0.2, 0.25) is 0 Å². The van der Waals surface area contributed by atoms with E-state index in [1.165, 1.54) is 82.0 Å². The summed E-state index contributed by atoms with van der Waals surface area (Å²) in [5.41, 5.74) is 10.1. The average molecular weight is 435 g/mol. The highest BCUT2D eigenvalue weighted by Crippen LogP contribution is 2.51. The number of rotatable bonds is 1. The van der Waals surface area contributed by atoms with Crippen LogP contribution in [0, 0.1) is 24.3 Å². The van der Waals surface area contributed by atoms with E-state index in [-0.39, 0.29) is 0 Å². The second-order valence-electron chi connectivity index (χ2n) is 9.71. The predicted octanol–water partition coefficient (Wildman–Crippen LogP) is 7.23. The van der Waals surface area contributed by atoms with E-state index in [4.69, 9.17) is 4.98 Å². The second kappa shape index (κ2) is 6.03. The summed E-state index contributed by atoms with van der Waals surface area (Å²) in [7, 11) is 0. The predicted molar refractivity (Wildman–Crippen MR) is 141 cm³/mol. The van der Waals surface area contributed by atoms with E-state index in [0.29, 0.717) is 0 Å². The number of hydrogen-bond donors (Lipinski definition) is 1. The van der Waals surface area contributed by atoms with Crippen molar-refractivity contribution in [3.05, 3.63) is 106 Å². The molecule has 0 atom stereocenters. The van der Waals surface area contributed by atoms with Crippen molar-refractivity contribution < 1.29 is 0 Å². The van der Waals surface area contributed by atoms with E-state index in [1.807, 2.05) is 0 Å². The van der Waals surface area contributed by atoms with E-state index in [9.17, 15) is 0 Å². The van der Waals surface area contributed by atoms with E-state index in [1.54, 1.807) is 0 Å². The fourth-order valence-electron chi connectivity index (χ4n) is 6.59. The summed E-state index contributed by atoms with van der Waals surface area (Å²) in [5.74, 6) is 0. The fourth-order valence-corrected chi connectivity index (χ4v) is 6.59. The minimum atomic E-state index is 1.10. The zero-order valence-electron chi connectivity index (χ0n) is 19.4. The molecule has 0 amide bonds. The lowest BCUT2D eigenvalue weighted by atomic mass is 10.0. The number of benzene rings is 4. The van der Waals surface area contributed by atoms with Gasteiger partial charge >= 0.3 is 0 Å². The Labute approximate surface area is 196 Å². The summed E-state index contributed by atoms with van der Waals surface area (Å²) in [6.45, 7) is 6.59. The van der Waals surface area contributed by atoms with Gasteiger partial charge in [0.15, 0.2) is 0 Å². The Morgan fingerprint density at radius 1 is 0.676 bits per heavy atom. The molecule has 2 heteroatoms. The number of H-pyrrole nitrogens is 1. The van der Waals surface area contributed by atoms with Gasteiger partial charge in [-0.1, -0.05) is 72.8 Å². The van der Waals surface area contributed by atoms with Gasteiger partial charge in [0.1, 0.15) is 0 Å². The number of fused-ring (bicyclic) bond motifs is 5. The Kier molecular flexibility index (Phi) is 3.24. The molecule has 0 radical (unpaired) electrons. The Morgan fingerprint density at radius 3 is 1.97 bits per heavy atom. The molecule has 2 heterocycles. The monoisotopic (exact) mass is 434 g/mol. The van der Waals surface area contributed by atoms with Gasteiger partial charge in [0.05, 0.1) is 11.0 Å². The first kappa shape index (κ1) is 18.3. The number of nitrogens with one attached hydrogen (secondary N) is 1. The number of nitrogens with zero attached hydrogens (tertiary/aromatic N) is 1. The topological polar surface area (TPSA) is 28.7 Å². The summed E-state index contributed by atoms with van der Waals surface area (Å²) in [4.78, 5) is 8.94. The van der Waals surface area contributed by atoms with Crippen LogP contribution < -0.4 is 5.35 Å². The van der Waals surface area contributed by atoms with Crippen LogP contribution >= 0.6 is 0 Å². The number of aromatic amines is 1. The molecule has 8 rings (SSSR count).